The summed E-state index contributed by atoms with van der Waals surface area (Å²) in [7, 11) is 0. The van der Waals surface area contributed by atoms with Crippen LogP contribution in [0, 0.1) is 8.99 Å². The normalized spacial score (nSPS) is 22.3. The van der Waals surface area contributed by atoms with Crippen molar-refractivity contribution in [2.24, 2.45) is 5.41 Å². The maximum Gasteiger partial charge on any atom is 0.235 e. The van der Waals surface area contributed by atoms with Crippen molar-refractivity contribution in [3.8, 4) is 0 Å². The van der Waals surface area contributed by atoms with E-state index in [1.807, 2.05) is 6.07 Å². The largest absolute Gasteiger partial charge is 0.274 e. The lowest BCUT2D eigenvalue weighted by atomic mass is 9.76. The lowest BCUT2D eigenvalue weighted by molar-refractivity contribution is -0.133. The molecule has 0 atom stereocenters. The number of rotatable bonds is 1. The molecule has 1 saturated carbocycles. The number of imide groups is 1. The third kappa shape index (κ3) is 2.40. The van der Waals surface area contributed by atoms with E-state index < -0.39 is 0 Å². The summed E-state index contributed by atoms with van der Waals surface area (Å²) in [5.41, 5.74) is -0.0477. The lowest BCUT2D eigenvalue weighted by Crippen LogP contribution is -2.47. The van der Waals surface area contributed by atoms with Gasteiger partial charge in [-0.25, -0.2) is 9.88 Å². The van der Waals surface area contributed by atoms with Crippen molar-refractivity contribution in [1.82, 2.24) is 4.98 Å². The molecule has 1 aromatic rings. The average Bonchev–Trinajstić information content (AvgIpc) is 2.78. The first-order chi connectivity index (χ1) is 9.10. The molecule has 4 nitrogen and oxygen atoms in total. The van der Waals surface area contributed by atoms with Crippen LogP contribution in [0.15, 0.2) is 18.3 Å². The molecule has 0 radical (unpaired) electrons. The fourth-order valence-corrected chi connectivity index (χ4v) is 3.55. The lowest BCUT2D eigenvalue weighted by Gasteiger charge is -2.36. The van der Waals surface area contributed by atoms with Gasteiger partial charge in [-0.15, -0.1) is 0 Å². The molecule has 5 heteroatoms. The minimum atomic E-state index is -0.0909. The Morgan fingerprint density at radius 3 is 2.26 bits per heavy atom. The SMILES string of the molecule is O=C1CC2(CCCC2)CC(=O)N1c1ccc(I)cn1. The molecule has 1 spiro atoms. The van der Waals surface area contributed by atoms with Crippen molar-refractivity contribution in [3.63, 3.8) is 0 Å². The Labute approximate surface area is 125 Å². The van der Waals surface area contributed by atoms with E-state index in [0.29, 0.717) is 18.7 Å². The molecule has 1 aliphatic heterocycles. The molecule has 1 aromatic heterocycles. The number of carbonyl (C=O) groups is 2. The van der Waals surface area contributed by atoms with Crippen LogP contribution in [0.4, 0.5) is 5.82 Å². The molecule has 0 N–H and O–H groups in total. The molecule has 1 saturated heterocycles. The fraction of sp³-hybridized carbons (Fsp3) is 0.500. The van der Waals surface area contributed by atoms with E-state index >= 15 is 0 Å². The van der Waals surface area contributed by atoms with Crippen LogP contribution in [0.1, 0.15) is 38.5 Å². The quantitative estimate of drug-likeness (QED) is 0.564. The number of anilines is 1. The maximum absolute atomic E-state index is 12.3. The fourth-order valence-electron chi connectivity index (χ4n) is 3.24. The van der Waals surface area contributed by atoms with Gasteiger partial charge in [-0.1, -0.05) is 12.8 Å². The zero-order chi connectivity index (χ0) is 13.5. The molecule has 3 rings (SSSR count). The number of amides is 2. The van der Waals surface area contributed by atoms with Gasteiger partial charge in [0.05, 0.1) is 0 Å². The van der Waals surface area contributed by atoms with Crippen molar-refractivity contribution in [2.45, 2.75) is 38.5 Å². The number of pyridine rings is 1. The van der Waals surface area contributed by atoms with Crippen LogP contribution in [0.2, 0.25) is 0 Å². The monoisotopic (exact) mass is 370 g/mol. The predicted octanol–water partition coefficient (Wildman–Crippen LogP) is 2.90. The van der Waals surface area contributed by atoms with E-state index in [9.17, 15) is 9.59 Å². The third-order valence-corrected chi connectivity index (χ3v) is 4.79. The number of hydrogen-bond donors (Lipinski definition) is 0. The molecule has 0 aromatic carbocycles. The number of carbonyl (C=O) groups excluding carboxylic acids is 2. The Kier molecular flexibility index (Phi) is 3.32. The van der Waals surface area contributed by atoms with E-state index in [-0.39, 0.29) is 17.2 Å². The van der Waals surface area contributed by atoms with Gasteiger partial charge in [-0.05, 0) is 53.0 Å². The first kappa shape index (κ1) is 13.0. The van der Waals surface area contributed by atoms with Gasteiger partial charge in [0.2, 0.25) is 11.8 Å². The Bertz CT molecular complexity index is 501. The molecule has 2 fully saturated rings. The number of aromatic nitrogens is 1. The zero-order valence-electron chi connectivity index (χ0n) is 10.6. The highest BCUT2D eigenvalue weighted by atomic mass is 127. The Morgan fingerprint density at radius 1 is 1.11 bits per heavy atom. The van der Waals surface area contributed by atoms with Crippen molar-refractivity contribution in [1.29, 1.82) is 0 Å². The average molecular weight is 370 g/mol. The summed E-state index contributed by atoms with van der Waals surface area (Å²) in [6.45, 7) is 0. The second kappa shape index (κ2) is 4.85. The standard InChI is InChI=1S/C14H15IN2O2/c15-10-3-4-11(16-9-10)17-12(18)7-14(8-13(17)19)5-1-2-6-14/h3-4,9H,1-2,5-8H2. The van der Waals surface area contributed by atoms with Gasteiger partial charge in [0, 0.05) is 22.6 Å². The third-order valence-electron chi connectivity index (χ3n) is 4.16. The molecule has 2 amide bonds. The molecule has 19 heavy (non-hydrogen) atoms. The minimum Gasteiger partial charge on any atom is -0.274 e. The van der Waals surface area contributed by atoms with Crippen molar-refractivity contribution in [2.75, 3.05) is 4.90 Å². The summed E-state index contributed by atoms with van der Waals surface area (Å²) in [6, 6.07) is 3.60. The van der Waals surface area contributed by atoms with Crippen molar-refractivity contribution < 1.29 is 9.59 Å². The Balaban J connectivity index is 1.86. The van der Waals surface area contributed by atoms with Crippen LogP contribution in [0.25, 0.3) is 0 Å². The number of nitrogens with zero attached hydrogens (tertiary/aromatic N) is 2. The van der Waals surface area contributed by atoms with E-state index in [4.69, 9.17) is 0 Å². The summed E-state index contributed by atoms with van der Waals surface area (Å²) in [6.07, 6.45) is 6.97. The van der Waals surface area contributed by atoms with Crippen LogP contribution >= 0.6 is 22.6 Å². The Morgan fingerprint density at radius 2 is 1.74 bits per heavy atom. The summed E-state index contributed by atoms with van der Waals surface area (Å²) in [4.78, 5) is 30.1. The molecular weight excluding hydrogens is 355 g/mol. The Hall–Kier alpha value is -0.980. The molecule has 100 valence electrons. The second-order valence-electron chi connectivity index (χ2n) is 5.52. The highest BCUT2D eigenvalue weighted by molar-refractivity contribution is 14.1. The molecule has 2 aliphatic rings. The van der Waals surface area contributed by atoms with Crippen LogP contribution in [0.3, 0.4) is 0 Å². The summed E-state index contributed by atoms with van der Waals surface area (Å²) in [5.74, 6) is 0.280. The van der Waals surface area contributed by atoms with Gasteiger partial charge in [-0.2, -0.15) is 0 Å². The number of hydrogen-bond acceptors (Lipinski definition) is 3. The van der Waals surface area contributed by atoms with E-state index in [1.54, 1.807) is 12.3 Å². The molecule has 1 aliphatic carbocycles. The van der Waals surface area contributed by atoms with Crippen LogP contribution < -0.4 is 4.90 Å². The maximum atomic E-state index is 12.3. The molecule has 0 bridgehead atoms. The highest BCUT2D eigenvalue weighted by Gasteiger charge is 2.45. The summed E-state index contributed by atoms with van der Waals surface area (Å²) < 4.78 is 0.991. The van der Waals surface area contributed by atoms with Gasteiger partial charge in [-0.3, -0.25) is 9.59 Å². The first-order valence-corrected chi connectivity index (χ1v) is 7.65. The van der Waals surface area contributed by atoms with Gasteiger partial charge in [0.25, 0.3) is 0 Å². The number of piperidine rings is 1. The van der Waals surface area contributed by atoms with Gasteiger partial charge in [0.1, 0.15) is 5.82 Å². The topological polar surface area (TPSA) is 50.3 Å². The zero-order valence-corrected chi connectivity index (χ0v) is 12.7. The number of halogens is 1. The molecular formula is C14H15IN2O2. The molecule has 0 unspecified atom stereocenters. The van der Waals surface area contributed by atoms with Crippen LogP contribution in [-0.2, 0) is 9.59 Å². The summed E-state index contributed by atoms with van der Waals surface area (Å²) in [5, 5.41) is 0. The first-order valence-electron chi connectivity index (χ1n) is 6.57. The van der Waals surface area contributed by atoms with Gasteiger partial charge < -0.3 is 0 Å². The van der Waals surface area contributed by atoms with E-state index in [2.05, 4.69) is 27.6 Å². The smallest absolute Gasteiger partial charge is 0.235 e. The van der Waals surface area contributed by atoms with E-state index in [1.165, 1.54) is 4.90 Å². The van der Waals surface area contributed by atoms with Crippen molar-refractivity contribution >= 4 is 40.2 Å². The van der Waals surface area contributed by atoms with Gasteiger partial charge in [0.15, 0.2) is 0 Å². The highest BCUT2D eigenvalue weighted by Crippen LogP contribution is 2.47. The minimum absolute atomic E-state index is 0.0477. The van der Waals surface area contributed by atoms with E-state index in [0.717, 1.165) is 29.3 Å². The summed E-state index contributed by atoms with van der Waals surface area (Å²) >= 11 is 2.15. The van der Waals surface area contributed by atoms with Crippen LogP contribution in [0.5, 0.6) is 0 Å². The second-order valence-corrected chi connectivity index (χ2v) is 6.76. The van der Waals surface area contributed by atoms with Crippen molar-refractivity contribution in [3.05, 3.63) is 21.9 Å². The predicted molar refractivity (Wildman–Crippen MR) is 79.6 cm³/mol. The van der Waals surface area contributed by atoms with Gasteiger partial charge >= 0.3 is 0 Å². The van der Waals surface area contributed by atoms with Crippen LogP contribution in [-0.4, -0.2) is 16.8 Å². The molecule has 2 heterocycles.